The van der Waals surface area contributed by atoms with Gasteiger partial charge in [-0.2, -0.15) is 0 Å². The maximum Gasteiger partial charge on any atom is 0.338 e. The first-order valence-corrected chi connectivity index (χ1v) is 9.47. The van der Waals surface area contributed by atoms with E-state index in [1.54, 1.807) is 26.0 Å². The van der Waals surface area contributed by atoms with Gasteiger partial charge in [0.15, 0.2) is 11.5 Å². The first-order valence-electron chi connectivity index (χ1n) is 9.47. The molecule has 1 aromatic carbocycles. The second-order valence-electron chi connectivity index (χ2n) is 6.33. The summed E-state index contributed by atoms with van der Waals surface area (Å²) < 4.78 is 26.0. The number of methoxy groups -OCH3 is 3. The molecule has 31 heavy (non-hydrogen) atoms. The van der Waals surface area contributed by atoms with Crippen molar-refractivity contribution in [1.82, 2.24) is 10.6 Å². The first-order chi connectivity index (χ1) is 14.8. The Hall–Kier alpha value is -3.69. The summed E-state index contributed by atoms with van der Waals surface area (Å²) in [6, 6.07) is 2.25. The lowest BCUT2D eigenvalue weighted by molar-refractivity contribution is -0.140. The van der Waals surface area contributed by atoms with Crippen LogP contribution in [0.4, 0.5) is 4.79 Å². The normalized spacial score (nSPS) is 15.8. The van der Waals surface area contributed by atoms with Crippen molar-refractivity contribution in [2.75, 3.05) is 34.5 Å². The molecular weight excluding hydrogens is 408 g/mol. The van der Waals surface area contributed by atoms with Gasteiger partial charge in [0.05, 0.1) is 45.2 Å². The highest BCUT2D eigenvalue weighted by Crippen LogP contribution is 2.38. The number of urea groups is 1. The Morgan fingerprint density at radius 1 is 1.06 bits per heavy atom. The van der Waals surface area contributed by atoms with E-state index in [2.05, 4.69) is 10.6 Å². The van der Waals surface area contributed by atoms with Crippen LogP contribution in [-0.2, 0) is 19.1 Å². The molecule has 1 aromatic rings. The van der Waals surface area contributed by atoms with Crippen molar-refractivity contribution in [2.24, 2.45) is 0 Å². The number of hydrogen-bond donors (Lipinski definition) is 2. The van der Waals surface area contributed by atoms with E-state index in [1.807, 2.05) is 0 Å². The average molecular weight is 434 g/mol. The Morgan fingerprint density at radius 2 is 1.71 bits per heavy atom. The zero-order valence-electron chi connectivity index (χ0n) is 18.1. The molecule has 2 rings (SSSR count). The molecule has 0 saturated carbocycles. The molecule has 2 amide bonds. The fourth-order valence-electron chi connectivity index (χ4n) is 2.95. The predicted octanol–water partition coefficient (Wildman–Crippen LogP) is 1.79. The monoisotopic (exact) mass is 434 g/mol. The molecule has 10 nitrogen and oxygen atoms in total. The third-order valence-electron chi connectivity index (χ3n) is 4.32. The number of carbonyl (C=O) groups excluding carboxylic acids is 3. The van der Waals surface area contributed by atoms with Gasteiger partial charge >= 0.3 is 18.0 Å². The van der Waals surface area contributed by atoms with E-state index < -0.39 is 24.0 Å². The van der Waals surface area contributed by atoms with Crippen LogP contribution < -0.4 is 24.8 Å². The van der Waals surface area contributed by atoms with Crippen LogP contribution in [0.1, 0.15) is 19.4 Å². The topological polar surface area (TPSA) is 121 Å². The number of nitrogens with one attached hydrogen (secondary N) is 2. The third kappa shape index (κ3) is 5.91. The standard InChI is InChI=1S/C21H26N2O8/c1-6-30-20(25)18-12(2)22-21(26)23-14(18)11-31-17(24)8-7-13-9-15(27-3)19(29-5)16(10-13)28-4/h7-10,12H,6,11H2,1-5H3,(H2,22,23,26)/b8-7+/t12-/m0/s1. The lowest BCUT2D eigenvalue weighted by atomic mass is 10.0. The average Bonchev–Trinajstić information content (AvgIpc) is 2.74. The minimum atomic E-state index is -0.676. The van der Waals surface area contributed by atoms with E-state index in [4.69, 9.17) is 23.7 Å². The summed E-state index contributed by atoms with van der Waals surface area (Å²) in [5.74, 6) is 0.0290. The number of rotatable bonds is 9. The molecule has 0 spiro atoms. The summed E-state index contributed by atoms with van der Waals surface area (Å²) in [6.45, 7) is 3.18. The Labute approximate surface area is 180 Å². The maximum atomic E-state index is 12.2. The van der Waals surface area contributed by atoms with E-state index in [9.17, 15) is 14.4 Å². The molecule has 1 aliphatic rings. The fraction of sp³-hybridized carbons (Fsp3) is 0.381. The SMILES string of the molecule is CCOC(=O)C1=C(COC(=O)/C=C/c2cc(OC)c(OC)c(OC)c2)NC(=O)N[C@H]1C. The van der Waals surface area contributed by atoms with Gasteiger partial charge in [-0.15, -0.1) is 0 Å². The number of hydrogen-bond acceptors (Lipinski definition) is 8. The Morgan fingerprint density at radius 3 is 2.26 bits per heavy atom. The molecule has 1 aliphatic heterocycles. The van der Waals surface area contributed by atoms with Crippen molar-refractivity contribution < 1.29 is 38.1 Å². The molecule has 1 atom stereocenters. The molecule has 0 bridgehead atoms. The predicted molar refractivity (Wildman–Crippen MR) is 111 cm³/mol. The van der Waals surface area contributed by atoms with Crippen LogP contribution in [0.2, 0.25) is 0 Å². The summed E-state index contributed by atoms with van der Waals surface area (Å²) >= 11 is 0. The van der Waals surface area contributed by atoms with Gasteiger partial charge in [-0.3, -0.25) is 0 Å². The summed E-state index contributed by atoms with van der Waals surface area (Å²) in [5, 5.41) is 5.06. The smallest absolute Gasteiger partial charge is 0.338 e. The quantitative estimate of drug-likeness (QED) is 0.446. The summed E-state index contributed by atoms with van der Waals surface area (Å²) in [7, 11) is 4.47. The van der Waals surface area contributed by atoms with Crippen LogP contribution >= 0.6 is 0 Å². The van der Waals surface area contributed by atoms with Crippen LogP contribution in [0, 0.1) is 0 Å². The van der Waals surface area contributed by atoms with Gasteiger partial charge < -0.3 is 34.3 Å². The number of ether oxygens (including phenoxy) is 5. The third-order valence-corrected chi connectivity index (χ3v) is 4.32. The van der Waals surface area contributed by atoms with Crippen molar-refractivity contribution in [3.05, 3.63) is 35.0 Å². The second kappa shape index (κ2) is 10.9. The first kappa shape index (κ1) is 23.6. The molecule has 10 heteroatoms. The lowest BCUT2D eigenvalue weighted by Crippen LogP contribution is -2.50. The molecular formula is C21H26N2O8. The second-order valence-corrected chi connectivity index (χ2v) is 6.33. The van der Waals surface area contributed by atoms with Crippen LogP contribution in [0.25, 0.3) is 6.08 Å². The molecule has 2 N–H and O–H groups in total. The van der Waals surface area contributed by atoms with E-state index in [1.165, 1.54) is 33.5 Å². The highest BCUT2D eigenvalue weighted by molar-refractivity contribution is 5.95. The molecule has 0 fully saturated rings. The molecule has 1 heterocycles. The minimum Gasteiger partial charge on any atom is -0.493 e. The van der Waals surface area contributed by atoms with Gasteiger partial charge in [0.1, 0.15) is 6.61 Å². The van der Waals surface area contributed by atoms with Gasteiger partial charge in [-0.25, -0.2) is 14.4 Å². The van der Waals surface area contributed by atoms with E-state index in [0.29, 0.717) is 22.8 Å². The van der Waals surface area contributed by atoms with E-state index in [0.717, 1.165) is 0 Å². The van der Waals surface area contributed by atoms with Gasteiger partial charge in [0.25, 0.3) is 0 Å². The lowest BCUT2D eigenvalue weighted by Gasteiger charge is -2.26. The van der Waals surface area contributed by atoms with Crippen molar-refractivity contribution in [3.63, 3.8) is 0 Å². The molecule has 0 aromatic heterocycles. The summed E-state index contributed by atoms with van der Waals surface area (Å²) in [4.78, 5) is 36.1. The fourth-order valence-corrected chi connectivity index (χ4v) is 2.95. The Bertz CT molecular complexity index is 882. The highest BCUT2D eigenvalue weighted by atomic mass is 16.5. The van der Waals surface area contributed by atoms with Crippen molar-refractivity contribution in [1.29, 1.82) is 0 Å². The van der Waals surface area contributed by atoms with Crippen LogP contribution in [-0.4, -0.2) is 58.6 Å². The minimum absolute atomic E-state index is 0.171. The summed E-state index contributed by atoms with van der Waals surface area (Å²) in [6.07, 6.45) is 2.72. The summed E-state index contributed by atoms with van der Waals surface area (Å²) in [5.41, 5.74) is 0.980. The van der Waals surface area contributed by atoms with Crippen LogP contribution in [0.15, 0.2) is 29.5 Å². The van der Waals surface area contributed by atoms with Crippen molar-refractivity contribution >= 4 is 24.0 Å². The Balaban J connectivity index is 2.15. The van der Waals surface area contributed by atoms with E-state index in [-0.39, 0.29) is 24.5 Å². The number of carbonyl (C=O) groups is 3. The highest BCUT2D eigenvalue weighted by Gasteiger charge is 2.30. The van der Waals surface area contributed by atoms with Gasteiger partial charge in [-0.1, -0.05) is 0 Å². The van der Waals surface area contributed by atoms with Crippen LogP contribution in [0.3, 0.4) is 0 Å². The van der Waals surface area contributed by atoms with Gasteiger partial charge in [0.2, 0.25) is 5.75 Å². The van der Waals surface area contributed by atoms with Crippen molar-refractivity contribution in [2.45, 2.75) is 19.9 Å². The van der Waals surface area contributed by atoms with Gasteiger partial charge in [0, 0.05) is 6.08 Å². The Kier molecular flexibility index (Phi) is 8.30. The zero-order chi connectivity index (χ0) is 23.0. The largest absolute Gasteiger partial charge is 0.493 e. The molecule has 0 radical (unpaired) electrons. The van der Waals surface area contributed by atoms with E-state index >= 15 is 0 Å². The zero-order valence-corrected chi connectivity index (χ0v) is 18.1. The number of benzene rings is 1. The molecule has 0 saturated heterocycles. The number of esters is 2. The van der Waals surface area contributed by atoms with Crippen LogP contribution in [0.5, 0.6) is 17.2 Å². The maximum absolute atomic E-state index is 12.2. The van der Waals surface area contributed by atoms with Gasteiger partial charge in [-0.05, 0) is 37.6 Å². The molecule has 0 aliphatic carbocycles. The number of amides is 2. The molecule has 168 valence electrons. The molecule has 0 unspecified atom stereocenters. The van der Waals surface area contributed by atoms with Crippen molar-refractivity contribution in [3.8, 4) is 17.2 Å².